The lowest BCUT2D eigenvalue weighted by Crippen LogP contribution is -2.38. The van der Waals surface area contributed by atoms with Crippen LogP contribution in [0.4, 0.5) is 4.79 Å². The molecule has 0 saturated heterocycles. The van der Waals surface area contributed by atoms with Gasteiger partial charge in [-0.25, -0.2) is 4.79 Å². The van der Waals surface area contributed by atoms with Crippen molar-refractivity contribution >= 4 is 6.03 Å². The molecule has 22 heavy (non-hydrogen) atoms. The summed E-state index contributed by atoms with van der Waals surface area (Å²) in [5, 5.41) is 18.0. The Hall–Kier alpha value is -2.41. The van der Waals surface area contributed by atoms with E-state index in [0.29, 0.717) is 31.2 Å². The number of benzene rings is 1. The average Bonchev–Trinajstić information content (AvgIpc) is 3.04. The number of rotatable bonds is 7. The second-order valence-electron chi connectivity index (χ2n) is 4.94. The van der Waals surface area contributed by atoms with E-state index in [2.05, 4.69) is 20.8 Å². The molecule has 2 aromatic rings. The maximum absolute atomic E-state index is 11.5. The first-order chi connectivity index (χ1) is 10.7. The Morgan fingerprint density at radius 3 is 2.82 bits per heavy atom. The number of hydrogen-bond acceptors (Lipinski definition) is 5. The molecule has 2 amide bonds. The highest BCUT2D eigenvalue weighted by molar-refractivity contribution is 5.73. The van der Waals surface area contributed by atoms with Gasteiger partial charge in [-0.2, -0.15) is 4.98 Å². The number of urea groups is 1. The standard InChI is InChI=1S/C15H20N4O3/c1-11(10-17-15(21)16-8-5-9-20)14-18-13(19-22-14)12-6-3-2-4-7-12/h2-4,6-7,11,20H,5,8-10H2,1H3,(H2,16,17,21). The summed E-state index contributed by atoms with van der Waals surface area (Å²) >= 11 is 0. The molecule has 0 aliphatic heterocycles. The molecule has 0 aliphatic carbocycles. The summed E-state index contributed by atoms with van der Waals surface area (Å²) in [5.41, 5.74) is 0.888. The molecule has 1 aromatic heterocycles. The summed E-state index contributed by atoms with van der Waals surface area (Å²) in [4.78, 5) is 15.9. The molecule has 1 heterocycles. The predicted octanol–water partition coefficient (Wildman–Crippen LogP) is 1.52. The van der Waals surface area contributed by atoms with Crippen LogP contribution in [0.2, 0.25) is 0 Å². The first-order valence-electron chi connectivity index (χ1n) is 7.22. The van der Waals surface area contributed by atoms with Crippen molar-refractivity contribution in [2.45, 2.75) is 19.3 Å². The van der Waals surface area contributed by atoms with E-state index in [9.17, 15) is 4.79 Å². The number of aliphatic hydroxyl groups is 1. The monoisotopic (exact) mass is 304 g/mol. The molecule has 118 valence electrons. The summed E-state index contributed by atoms with van der Waals surface area (Å²) in [6.07, 6.45) is 0.535. The van der Waals surface area contributed by atoms with Crippen LogP contribution in [0, 0.1) is 0 Å². The first kappa shape index (κ1) is 16.0. The number of amides is 2. The lowest BCUT2D eigenvalue weighted by molar-refractivity contribution is 0.237. The van der Waals surface area contributed by atoms with Crippen LogP contribution in [-0.2, 0) is 0 Å². The molecule has 3 N–H and O–H groups in total. The van der Waals surface area contributed by atoms with Crippen molar-refractivity contribution in [1.29, 1.82) is 0 Å². The SMILES string of the molecule is CC(CNC(=O)NCCCO)c1nc(-c2ccccc2)no1. The van der Waals surface area contributed by atoms with Gasteiger partial charge in [0.1, 0.15) is 0 Å². The van der Waals surface area contributed by atoms with Crippen molar-refractivity contribution in [2.75, 3.05) is 19.7 Å². The molecule has 0 radical (unpaired) electrons. The molecule has 2 rings (SSSR count). The van der Waals surface area contributed by atoms with Gasteiger partial charge in [0, 0.05) is 25.3 Å². The van der Waals surface area contributed by atoms with Gasteiger partial charge < -0.3 is 20.3 Å². The third-order valence-electron chi connectivity index (χ3n) is 3.08. The van der Waals surface area contributed by atoms with E-state index in [1.807, 2.05) is 37.3 Å². The maximum atomic E-state index is 11.5. The average molecular weight is 304 g/mol. The van der Waals surface area contributed by atoms with Gasteiger partial charge >= 0.3 is 6.03 Å². The molecule has 0 saturated carbocycles. The molecule has 0 spiro atoms. The molecular weight excluding hydrogens is 284 g/mol. The molecule has 1 atom stereocenters. The Morgan fingerprint density at radius 1 is 1.32 bits per heavy atom. The number of carbonyl (C=O) groups is 1. The van der Waals surface area contributed by atoms with Crippen LogP contribution in [0.5, 0.6) is 0 Å². The van der Waals surface area contributed by atoms with Crippen molar-refractivity contribution in [3.05, 3.63) is 36.2 Å². The Kier molecular flexibility index (Phi) is 5.91. The van der Waals surface area contributed by atoms with Gasteiger partial charge in [-0.3, -0.25) is 0 Å². The third-order valence-corrected chi connectivity index (χ3v) is 3.08. The van der Waals surface area contributed by atoms with Crippen molar-refractivity contribution in [1.82, 2.24) is 20.8 Å². The second kappa shape index (κ2) is 8.14. The zero-order valence-corrected chi connectivity index (χ0v) is 12.5. The summed E-state index contributed by atoms with van der Waals surface area (Å²) in [7, 11) is 0. The molecule has 7 heteroatoms. The minimum absolute atomic E-state index is 0.0565. The van der Waals surface area contributed by atoms with Crippen molar-refractivity contribution in [2.24, 2.45) is 0 Å². The van der Waals surface area contributed by atoms with Crippen molar-refractivity contribution in [3.63, 3.8) is 0 Å². The van der Waals surface area contributed by atoms with Gasteiger partial charge in [0.05, 0.1) is 5.92 Å². The van der Waals surface area contributed by atoms with Crippen molar-refractivity contribution in [3.8, 4) is 11.4 Å². The highest BCUT2D eigenvalue weighted by Gasteiger charge is 2.15. The lowest BCUT2D eigenvalue weighted by Gasteiger charge is -2.09. The molecule has 1 unspecified atom stereocenters. The fourth-order valence-electron chi connectivity index (χ4n) is 1.82. The molecule has 1 aromatic carbocycles. The molecule has 0 aliphatic rings. The van der Waals surface area contributed by atoms with Crippen LogP contribution in [0.1, 0.15) is 25.2 Å². The van der Waals surface area contributed by atoms with Crippen LogP contribution in [-0.4, -0.2) is 41.0 Å². The minimum atomic E-state index is -0.275. The van der Waals surface area contributed by atoms with Gasteiger partial charge in [-0.15, -0.1) is 0 Å². The van der Waals surface area contributed by atoms with Gasteiger partial charge in [0.15, 0.2) is 0 Å². The summed E-state index contributed by atoms with van der Waals surface area (Å²) in [5.74, 6) is 0.929. The number of nitrogens with zero attached hydrogens (tertiary/aromatic N) is 2. The smallest absolute Gasteiger partial charge is 0.314 e. The normalized spacial score (nSPS) is 11.9. The summed E-state index contributed by atoms with van der Waals surface area (Å²) in [6.45, 7) is 2.79. The number of aliphatic hydroxyl groups excluding tert-OH is 1. The van der Waals surface area contributed by atoms with E-state index >= 15 is 0 Å². The van der Waals surface area contributed by atoms with Gasteiger partial charge in [-0.05, 0) is 6.42 Å². The van der Waals surface area contributed by atoms with E-state index in [1.165, 1.54) is 0 Å². The topological polar surface area (TPSA) is 100 Å². The lowest BCUT2D eigenvalue weighted by atomic mass is 10.2. The van der Waals surface area contributed by atoms with E-state index in [-0.39, 0.29) is 18.6 Å². The van der Waals surface area contributed by atoms with Crippen LogP contribution in [0.15, 0.2) is 34.9 Å². The fourth-order valence-corrected chi connectivity index (χ4v) is 1.82. The Morgan fingerprint density at radius 2 is 2.09 bits per heavy atom. The Balaban J connectivity index is 1.84. The maximum Gasteiger partial charge on any atom is 0.314 e. The number of nitrogens with one attached hydrogen (secondary N) is 2. The minimum Gasteiger partial charge on any atom is -0.396 e. The highest BCUT2D eigenvalue weighted by Crippen LogP contribution is 2.18. The number of hydrogen-bond donors (Lipinski definition) is 3. The Labute approximate surface area is 128 Å². The molecule has 0 fully saturated rings. The third kappa shape index (κ3) is 4.56. The molecule has 0 bridgehead atoms. The van der Waals surface area contributed by atoms with Crippen LogP contribution >= 0.6 is 0 Å². The summed E-state index contributed by atoms with van der Waals surface area (Å²) in [6, 6.07) is 9.29. The van der Waals surface area contributed by atoms with Crippen LogP contribution in [0.3, 0.4) is 0 Å². The largest absolute Gasteiger partial charge is 0.396 e. The second-order valence-corrected chi connectivity index (χ2v) is 4.94. The van der Waals surface area contributed by atoms with Gasteiger partial charge in [0.25, 0.3) is 0 Å². The zero-order chi connectivity index (χ0) is 15.8. The van der Waals surface area contributed by atoms with Crippen molar-refractivity contribution < 1.29 is 14.4 Å². The number of carbonyl (C=O) groups excluding carboxylic acids is 1. The fraction of sp³-hybridized carbons (Fsp3) is 0.400. The molecule has 7 nitrogen and oxygen atoms in total. The number of aromatic nitrogens is 2. The van der Waals surface area contributed by atoms with E-state index in [0.717, 1.165) is 5.56 Å². The van der Waals surface area contributed by atoms with Gasteiger partial charge in [-0.1, -0.05) is 42.4 Å². The summed E-state index contributed by atoms with van der Waals surface area (Å²) < 4.78 is 5.25. The van der Waals surface area contributed by atoms with E-state index in [4.69, 9.17) is 9.63 Å². The predicted molar refractivity (Wildman–Crippen MR) is 81.3 cm³/mol. The molecular formula is C15H20N4O3. The Bertz CT molecular complexity index is 585. The highest BCUT2D eigenvalue weighted by atomic mass is 16.5. The van der Waals surface area contributed by atoms with Crippen LogP contribution in [0.25, 0.3) is 11.4 Å². The quantitative estimate of drug-likeness (QED) is 0.673. The van der Waals surface area contributed by atoms with E-state index in [1.54, 1.807) is 0 Å². The van der Waals surface area contributed by atoms with E-state index < -0.39 is 0 Å². The van der Waals surface area contributed by atoms with Crippen LogP contribution < -0.4 is 10.6 Å². The first-order valence-corrected chi connectivity index (χ1v) is 7.22. The zero-order valence-electron chi connectivity index (χ0n) is 12.5. The van der Waals surface area contributed by atoms with Gasteiger partial charge in [0.2, 0.25) is 11.7 Å².